The van der Waals surface area contributed by atoms with Gasteiger partial charge in [0.1, 0.15) is 0 Å². The molecule has 1 unspecified atom stereocenters. The Balaban J connectivity index is 2.30. The van der Waals surface area contributed by atoms with Gasteiger partial charge in [0.2, 0.25) is 0 Å². The van der Waals surface area contributed by atoms with Crippen LogP contribution in [0.2, 0.25) is 0 Å². The third-order valence-corrected chi connectivity index (χ3v) is 5.22. The molecule has 1 fully saturated rings. The summed E-state index contributed by atoms with van der Waals surface area (Å²) in [6.07, 6.45) is 3.80. The van der Waals surface area contributed by atoms with Crippen molar-refractivity contribution in [2.24, 2.45) is 5.92 Å². The lowest BCUT2D eigenvalue weighted by molar-refractivity contribution is 0.285. The summed E-state index contributed by atoms with van der Waals surface area (Å²) in [4.78, 5) is 0.447. The number of hydrogen-bond donors (Lipinski definition) is 1. The van der Waals surface area contributed by atoms with Gasteiger partial charge in [0.25, 0.3) is 10.2 Å². The lowest BCUT2D eigenvalue weighted by Crippen LogP contribution is -2.44. The Hall–Kier alpha value is 0.350. The van der Waals surface area contributed by atoms with Crippen molar-refractivity contribution in [3.8, 4) is 0 Å². The van der Waals surface area contributed by atoms with Crippen LogP contribution in [0.3, 0.4) is 0 Å². The highest BCUT2D eigenvalue weighted by atomic mass is 79.9. The number of halogens is 1. The summed E-state index contributed by atoms with van der Waals surface area (Å²) in [5.41, 5.74) is 0. The zero-order chi connectivity index (χ0) is 12.9. The third kappa shape index (κ3) is 5.68. The van der Waals surface area contributed by atoms with Gasteiger partial charge in [0.15, 0.2) is 0 Å². The number of hydrogen-bond acceptors (Lipinski definition) is 2. The Morgan fingerprint density at radius 2 is 2.00 bits per heavy atom. The molecule has 1 aliphatic rings. The summed E-state index contributed by atoms with van der Waals surface area (Å²) >= 11 is 3.45. The molecule has 17 heavy (non-hydrogen) atoms. The SMILES string of the molecule is CC(Br)CCCNS(=O)(=O)N1CCC(C)CC1. The van der Waals surface area contributed by atoms with E-state index >= 15 is 0 Å². The molecule has 102 valence electrons. The number of rotatable bonds is 6. The van der Waals surface area contributed by atoms with E-state index in [1.807, 2.05) is 0 Å². The Kier molecular flexibility index (Phi) is 6.40. The van der Waals surface area contributed by atoms with Crippen LogP contribution in [-0.2, 0) is 10.2 Å². The zero-order valence-corrected chi connectivity index (χ0v) is 13.1. The van der Waals surface area contributed by atoms with E-state index < -0.39 is 10.2 Å². The fraction of sp³-hybridized carbons (Fsp3) is 1.00. The number of alkyl halides is 1. The van der Waals surface area contributed by atoms with Crippen molar-refractivity contribution < 1.29 is 8.42 Å². The number of piperidine rings is 1. The molecule has 0 spiro atoms. The molecule has 1 saturated heterocycles. The van der Waals surface area contributed by atoms with Crippen molar-refractivity contribution in [3.63, 3.8) is 0 Å². The van der Waals surface area contributed by atoms with E-state index in [1.165, 1.54) is 0 Å². The molecular weight excluding hydrogens is 304 g/mol. The predicted molar refractivity (Wildman–Crippen MR) is 74.5 cm³/mol. The molecule has 0 aliphatic carbocycles. The van der Waals surface area contributed by atoms with E-state index in [4.69, 9.17) is 0 Å². The van der Waals surface area contributed by atoms with Gasteiger partial charge in [0, 0.05) is 24.5 Å². The van der Waals surface area contributed by atoms with Crippen LogP contribution >= 0.6 is 15.9 Å². The van der Waals surface area contributed by atoms with Gasteiger partial charge in [-0.1, -0.05) is 29.8 Å². The molecule has 1 atom stereocenters. The summed E-state index contributed by atoms with van der Waals surface area (Å²) in [7, 11) is -3.24. The Morgan fingerprint density at radius 3 is 2.53 bits per heavy atom. The van der Waals surface area contributed by atoms with E-state index in [-0.39, 0.29) is 0 Å². The first kappa shape index (κ1) is 15.4. The highest BCUT2D eigenvalue weighted by molar-refractivity contribution is 9.09. The molecule has 0 amide bonds. The maximum absolute atomic E-state index is 11.9. The van der Waals surface area contributed by atoms with Gasteiger partial charge in [-0.3, -0.25) is 0 Å². The van der Waals surface area contributed by atoms with Crippen LogP contribution in [-0.4, -0.2) is 37.2 Å². The van der Waals surface area contributed by atoms with Gasteiger partial charge >= 0.3 is 0 Å². The monoisotopic (exact) mass is 326 g/mol. The topological polar surface area (TPSA) is 49.4 Å². The van der Waals surface area contributed by atoms with Crippen molar-refractivity contribution >= 4 is 26.1 Å². The fourth-order valence-corrected chi connectivity index (χ4v) is 3.50. The second-order valence-electron chi connectivity index (χ2n) is 4.90. The minimum absolute atomic E-state index is 0.447. The van der Waals surface area contributed by atoms with Crippen LogP contribution in [0.1, 0.15) is 39.5 Å². The number of nitrogens with zero attached hydrogens (tertiary/aromatic N) is 1. The lowest BCUT2D eigenvalue weighted by Gasteiger charge is -2.29. The molecule has 6 heteroatoms. The average molecular weight is 327 g/mol. The van der Waals surface area contributed by atoms with E-state index in [1.54, 1.807) is 4.31 Å². The molecule has 0 aromatic heterocycles. The van der Waals surface area contributed by atoms with Gasteiger partial charge in [-0.05, 0) is 31.6 Å². The molecule has 1 N–H and O–H groups in total. The van der Waals surface area contributed by atoms with Gasteiger partial charge < -0.3 is 0 Å². The van der Waals surface area contributed by atoms with Gasteiger partial charge in [-0.15, -0.1) is 0 Å². The molecular formula is C11H23BrN2O2S. The van der Waals surface area contributed by atoms with Crippen LogP contribution in [0.15, 0.2) is 0 Å². The summed E-state index contributed by atoms with van der Waals surface area (Å²) in [5, 5.41) is 0. The predicted octanol–water partition coefficient (Wildman–Crippen LogP) is 2.12. The smallest absolute Gasteiger partial charge is 0.202 e. The molecule has 0 bridgehead atoms. The number of nitrogens with one attached hydrogen (secondary N) is 1. The van der Waals surface area contributed by atoms with E-state index in [9.17, 15) is 8.42 Å². The molecule has 0 saturated carbocycles. The second-order valence-corrected chi connectivity index (χ2v) is 8.22. The minimum atomic E-state index is -3.24. The van der Waals surface area contributed by atoms with Gasteiger partial charge in [-0.2, -0.15) is 12.7 Å². The first-order valence-corrected chi connectivity index (χ1v) is 8.66. The third-order valence-electron chi connectivity index (χ3n) is 3.15. The molecule has 0 radical (unpaired) electrons. The van der Waals surface area contributed by atoms with Crippen LogP contribution in [0.25, 0.3) is 0 Å². The average Bonchev–Trinajstić information content (AvgIpc) is 2.25. The van der Waals surface area contributed by atoms with Crippen molar-refractivity contribution in [1.29, 1.82) is 0 Å². The van der Waals surface area contributed by atoms with E-state index in [0.29, 0.717) is 30.4 Å². The first-order valence-electron chi connectivity index (χ1n) is 6.30. The summed E-state index contributed by atoms with van der Waals surface area (Å²) in [6, 6.07) is 0. The standard InChI is InChI=1S/C11H23BrN2O2S/c1-10-5-8-14(9-6-10)17(15,16)13-7-3-4-11(2)12/h10-11,13H,3-9H2,1-2H3. The highest BCUT2D eigenvalue weighted by Gasteiger charge is 2.25. The second kappa shape index (κ2) is 7.07. The van der Waals surface area contributed by atoms with Crippen LogP contribution in [0.5, 0.6) is 0 Å². The fourth-order valence-electron chi connectivity index (χ4n) is 1.90. The molecule has 0 aromatic rings. The minimum Gasteiger partial charge on any atom is -0.202 e. The zero-order valence-electron chi connectivity index (χ0n) is 10.7. The Morgan fingerprint density at radius 1 is 1.41 bits per heavy atom. The summed E-state index contributed by atoms with van der Waals surface area (Å²) < 4.78 is 28.1. The van der Waals surface area contributed by atoms with Gasteiger partial charge in [0.05, 0.1) is 0 Å². The summed E-state index contributed by atoms with van der Waals surface area (Å²) in [6.45, 7) is 6.09. The molecule has 4 nitrogen and oxygen atoms in total. The van der Waals surface area contributed by atoms with Crippen LogP contribution < -0.4 is 4.72 Å². The maximum Gasteiger partial charge on any atom is 0.279 e. The van der Waals surface area contributed by atoms with E-state index in [2.05, 4.69) is 34.5 Å². The quantitative estimate of drug-likeness (QED) is 0.600. The lowest BCUT2D eigenvalue weighted by atomic mass is 10.0. The first-order chi connectivity index (χ1) is 7.92. The Labute approximate surface area is 113 Å². The molecule has 1 heterocycles. The van der Waals surface area contributed by atoms with E-state index in [0.717, 1.165) is 25.7 Å². The molecule has 1 aliphatic heterocycles. The summed E-state index contributed by atoms with van der Waals surface area (Å²) in [5.74, 6) is 0.649. The van der Waals surface area contributed by atoms with Gasteiger partial charge in [-0.25, -0.2) is 4.72 Å². The maximum atomic E-state index is 11.9. The highest BCUT2D eigenvalue weighted by Crippen LogP contribution is 2.17. The van der Waals surface area contributed by atoms with Crippen molar-refractivity contribution in [2.75, 3.05) is 19.6 Å². The van der Waals surface area contributed by atoms with Crippen molar-refractivity contribution in [3.05, 3.63) is 0 Å². The normalized spacial score (nSPS) is 21.6. The van der Waals surface area contributed by atoms with Crippen molar-refractivity contribution in [1.82, 2.24) is 9.03 Å². The molecule has 1 rings (SSSR count). The van der Waals surface area contributed by atoms with Crippen LogP contribution in [0.4, 0.5) is 0 Å². The van der Waals surface area contributed by atoms with Crippen molar-refractivity contribution in [2.45, 2.75) is 44.4 Å². The molecule has 0 aromatic carbocycles. The Bertz CT molecular complexity index is 311. The largest absolute Gasteiger partial charge is 0.279 e. The van der Waals surface area contributed by atoms with Crippen LogP contribution in [0, 0.1) is 5.92 Å².